The molecular formula is C19H23ClN6O4. The van der Waals surface area contributed by atoms with Gasteiger partial charge in [0.05, 0.1) is 25.4 Å². The van der Waals surface area contributed by atoms with Gasteiger partial charge in [0.1, 0.15) is 5.82 Å². The predicted molar refractivity (Wildman–Crippen MR) is 114 cm³/mol. The number of hydrogen-bond acceptors (Lipinski definition) is 9. The normalized spacial score (nSPS) is 13.8. The molecule has 0 saturated carbocycles. The van der Waals surface area contributed by atoms with Crippen molar-refractivity contribution in [3.8, 4) is 11.5 Å². The van der Waals surface area contributed by atoms with Crippen LogP contribution in [-0.4, -0.2) is 66.2 Å². The molecule has 11 heteroatoms. The van der Waals surface area contributed by atoms with Crippen LogP contribution in [0.1, 0.15) is 16.2 Å². The molecule has 30 heavy (non-hydrogen) atoms. The van der Waals surface area contributed by atoms with Crippen molar-refractivity contribution in [1.82, 2.24) is 19.9 Å². The maximum Gasteiger partial charge on any atom is 0.291 e. The Morgan fingerprint density at radius 1 is 1.10 bits per heavy atom. The summed E-state index contributed by atoms with van der Waals surface area (Å²) in [5, 5.41) is 0.695. The van der Waals surface area contributed by atoms with E-state index in [1.54, 1.807) is 38.2 Å². The van der Waals surface area contributed by atoms with Crippen LogP contribution in [0, 0.1) is 6.92 Å². The number of carbonyl (C=O) groups is 1. The van der Waals surface area contributed by atoms with Crippen molar-refractivity contribution in [2.24, 2.45) is 0 Å². The number of ether oxygens (including phenoxy) is 2. The molecule has 160 valence electrons. The van der Waals surface area contributed by atoms with Gasteiger partial charge in [-0.2, -0.15) is 4.98 Å². The topological polar surface area (TPSA) is 120 Å². The number of aryl methyl sites for hydroxylation is 1. The van der Waals surface area contributed by atoms with Crippen molar-refractivity contribution < 1.29 is 18.7 Å². The smallest absolute Gasteiger partial charge is 0.291 e. The molecule has 2 N–H and O–H groups in total. The zero-order chi connectivity index (χ0) is 20.5. The van der Waals surface area contributed by atoms with Crippen molar-refractivity contribution in [1.29, 1.82) is 0 Å². The van der Waals surface area contributed by atoms with Crippen LogP contribution in [0.5, 0.6) is 11.5 Å². The van der Waals surface area contributed by atoms with E-state index in [9.17, 15) is 4.79 Å². The summed E-state index contributed by atoms with van der Waals surface area (Å²) >= 11 is 0. The van der Waals surface area contributed by atoms with Crippen molar-refractivity contribution in [3.05, 3.63) is 30.0 Å². The molecule has 1 fully saturated rings. The molecule has 2 aromatic heterocycles. The number of methoxy groups -OCH3 is 2. The first-order valence-electron chi connectivity index (χ1n) is 9.15. The molecule has 1 amide bonds. The molecule has 1 saturated heterocycles. The SMILES string of the molecule is COc1cc2nc(N3CCN(C(=O)c4ocnc4C)CC3)nc(N)c2cc1OC.Cl. The molecular weight excluding hydrogens is 412 g/mol. The lowest BCUT2D eigenvalue weighted by molar-refractivity contribution is 0.0713. The van der Waals surface area contributed by atoms with Gasteiger partial charge in [0, 0.05) is 37.6 Å². The number of aromatic nitrogens is 3. The van der Waals surface area contributed by atoms with Crippen molar-refractivity contribution in [2.45, 2.75) is 6.92 Å². The second kappa shape index (κ2) is 8.62. The second-order valence-corrected chi connectivity index (χ2v) is 6.68. The first kappa shape index (κ1) is 21.4. The molecule has 4 rings (SSSR count). The Hall–Kier alpha value is -3.27. The highest BCUT2D eigenvalue weighted by Crippen LogP contribution is 2.34. The van der Waals surface area contributed by atoms with E-state index < -0.39 is 0 Å². The number of carbonyl (C=O) groups excluding carboxylic acids is 1. The maximum atomic E-state index is 12.6. The van der Waals surface area contributed by atoms with Crippen molar-refractivity contribution >= 4 is 41.0 Å². The Morgan fingerprint density at radius 3 is 2.37 bits per heavy atom. The molecule has 0 unspecified atom stereocenters. The van der Waals surface area contributed by atoms with E-state index in [1.165, 1.54) is 6.39 Å². The van der Waals surface area contributed by atoms with Crippen molar-refractivity contribution in [3.63, 3.8) is 0 Å². The van der Waals surface area contributed by atoms with Gasteiger partial charge >= 0.3 is 0 Å². The van der Waals surface area contributed by atoms with Crippen LogP contribution in [0.4, 0.5) is 11.8 Å². The number of rotatable bonds is 4. The lowest BCUT2D eigenvalue weighted by atomic mass is 10.2. The molecule has 1 aromatic carbocycles. The number of amides is 1. The van der Waals surface area contributed by atoms with Crippen LogP contribution in [0.3, 0.4) is 0 Å². The lowest BCUT2D eigenvalue weighted by Crippen LogP contribution is -2.49. The minimum atomic E-state index is -0.157. The number of piperazine rings is 1. The third-order valence-corrected chi connectivity index (χ3v) is 5.01. The number of oxazole rings is 1. The van der Waals surface area contributed by atoms with E-state index in [0.29, 0.717) is 66.0 Å². The lowest BCUT2D eigenvalue weighted by Gasteiger charge is -2.34. The highest BCUT2D eigenvalue weighted by molar-refractivity contribution is 5.93. The summed E-state index contributed by atoms with van der Waals surface area (Å²) in [4.78, 5) is 29.4. The number of nitrogen functional groups attached to an aromatic ring is 1. The van der Waals surface area contributed by atoms with Gasteiger partial charge in [-0.15, -0.1) is 12.4 Å². The Kier molecular flexibility index (Phi) is 6.16. The number of nitrogens with two attached hydrogens (primary N) is 1. The third-order valence-electron chi connectivity index (χ3n) is 5.01. The van der Waals surface area contributed by atoms with Gasteiger partial charge in [-0.05, 0) is 13.0 Å². The molecule has 0 aliphatic carbocycles. The summed E-state index contributed by atoms with van der Waals surface area (Å²) in [6, 6.07) is 3.55. The highest BCUT2D eigenvalue weighted by atomic mass is 35.5. The summed E-state index contributed by atoms with van der Waals surface area (Å²) in [5.41, 5.74) is 7.43. The van der Waals surface area contributed by atoms with Crippen molar-refractivity contribution in [2.75, 3.05) is 51.0 Å². The van der Waals surface area contributed by atoms with Crippen LogP contribution < -0.4 is 20.1 Å². The van der Waals surface area contributed by atoms with Gasteiger partial charge in [0.25, 0.3) is 5.91 Å². The quantitative estimate of drug-likeness (QED) is 0.656. The van der Waals surface area contributed by atoms with E-state index >= 15 is 0 Å². The average Bonchev–Trinajstić information content (AvgIpc) is 3.18. The third kappa shape index (κ3) is 3.78. The van der Waals surface area contributed by atoms with E-state index in [1.807, 2.05) is 4.90 Å². The maximum absolute atomic E-state index is 12.6. The number of hydrogen-bond donors (Lipinski definition) is 1. The number of benzene rings is 1. The minimum absolute atomic E-state index is 0. The Morgan fingerprint density at radius 2 is 1.77 bits per heavy atom. The molecule has 0 spiro atoms. The summed E-state index contributed by atoms with van der Waals surface area (Å²) in [6.45, 7) is 3.95. The Balaban J connectivity index is 0.00000256. The molecule has 0 radical (unpaired) electrons. The molecule has 0 bridgehead atoms. The van der Waals surface area contributed by atoms with E-state index in [-0.39, 0.29) is 24.1 Å². The average molecular weight is 435 g/mol. The van der Waals surface area contributed by atoms with Gasteiger partial charge in [-0.1, -0.05) is 0 Å². The molecule has 0 atom stereocenters. The van der Waals surface area contributed by atoms with Gasteiger partial charge < -0.3 is 29.4 Å². The fourth-order valence-corrected chi connectivity index (χ4v) is 3.37. The van der Waals surface area contributed by atoms with E-state index in [0.717, 1.165) is 0 Å². The first-order chi connectivity index (χ1) is 14.0. The Bertz CT molecular complexity index is 1060. The largest absolute Gasteiger partial charge is 0.493 e. The van der Waals surface area contributed by atoms with Crippen LogP contribution in [0.15, 0.2) is 22.9 Å². The fraction of sp³-hybridized carbons (Fsp3) is 0.368. The second-order valence-electron chi connectivity index (χ2n) is 6.68. The molecule has 3 aromatic rings. The van der Waals surface area contributed by atoms with E-state index in [4.69, 9.17) is 19.6 Å². The Labute approximate surface area is 179 Å². The number of halogens is 1. The van der Waals surface area contributed by atoms with Gasteiger partial charge in [-0.3, -0.25) is 4.79 Å². The standard InChI is InChI=1S/C19H22N6O4.ClH/c1-11-16(29-10-21-11)18(26)24-4-6-25(7-5-24)19-22-13-9-15(28-3)14(27-2)8-12(13)17(20)23-19;/h8-10H,4-7H2,1-3H3,(H2,20,22,23);1H. The number of fused-ring (bicyclic) bond motifs is 1. The number of anilines is 2. The summed E-state index contributed by atoms with van der Waals surface area (Å²) in [7, 11) is 3.14. The summed E-state index contributed by atoms with van der Waals surface area (Å²) in [6.07, 6.45) is 1.29. The molecule has 3 heterocycles. The zero-order valence-electron chi connectivity index (χ0n) is 16.9. The fourth-order valence-electron chi connectivity index (χ4n) is 3.37. The molecule has 1 aliphatic rings. The summed E-state index contributed by atoms with van der Waals surface area (Å²) in [5.74, 6) is 2.15. The van der Waals surface area contributed by atoms with Crippen LogP contribution in [-0.2, 0) is 0 Å². The monoisotopic (exact) mass is 434 g/mol. The van der Waals surface area contributed by atoms with Crippen LogP contribution in [0.2, 0.25) is 0 Å². The minimum Gasteiger partial charge on any atom is -0.493 e. The van der Waals surface area contributed by atoms with Crippen LogP contribution >= 0.6 is 12.4 Å². The zero-order valence-corrected chi connectivity index (χ0v) is 17.7. The van der Waals surface area contributed by atoms with Gasteiger partial charge in [0.15, 0.2) is 17.9 Å². The van der Waals surface area contributed by atoms with Gasteiger partial charge in [-0.25, -0.2) is 9.97 Å². The summed E-state index contributed by atoms with van der Waals surface area (Å²) < 4.78 is 15.9. The highest BCUT2D eigenvalue weighted by Gasteiger charge is 2.27. The molecule has 1 aliphatic heterocycles. The van der Waals surface area contributed by atoms with Crippen LogP contribution in [0.25, 0.3) is 10.9 Å². The predicted octanol–water partition coefficient (Wildman–Crippen LogP) is 1.91. The van der Waals surface area contributed by atoms with E-state index in [2.05, 4.69) is 15.0 Å². The first-order valence-corrected chi connectivity index (χ1v) is 9.15. The van der Waals surface area contributed by atoms with Gasteiger partial charge in [0.2, 0.25) is 11.7 Å². The number of nitrogens with zero attached hydrogens (tertiary/aromatic N) is 5. The molecule has 10 nitrogen and oxygen atoms in total.